The van der Waals surface area contributed by atoms with Crippen molar-refractivity contribution in [2.24, 2.45) is 5.92 Å². The van der Waals surface area contributed by atoms with Crippen LogP contribution in [0.25, 0.3) is 0 Å². The molecule has 0 fully saturated rings. The molecule has 2 rings (SSSR count). The second-order valence-electron chi connectivity index (χ2n) is 7.24. The van der Waals surface area contributed by atoms with Crippen molar-refractivity contribution in [2.45, 2.75) is 47.5 Å². The summed E-state index contributed by atoms with van der Waals surface area (Å²) >= 11 is 0. The van der Waals surface area contributed by atoms with E-state index in [4.69, 9.17) is 9.47 Å². The summed E-state index contributed by atoms with van der Waals surface area (Å²) in [6, 6.07) is 9.76. The number of amides is 1. The van der Waals surface area contributed by atoms with Crippen LogP contribution >= 0.6 is 0 Å². The lowest BCUT2D eigenvalue weighted by Crippen LogP contribution is -2.17. The number of anilines is 1. The minimum Gasteiger partial charge on any atom is -0.496 e. The Kier molecular flexibility index (Phi) is 6.30. The third-order valence-electron chi connectivity index (χ3n) is 4.30. The van der Waals surface area contributed by atoms with Gasteiger partial charge in [-0.1, -0.05) is 27.7 Å². The van der Waals surface area contributed by atoms with Gasteiger partial charge in [0.1, 0.15) is 17.2 Å². The smallest absolute Gasteiger partial charge is 0.226 e. The predicted molar refractivity (Wildman–Crippen MR) is 107 cm³/mol. The zero-order valence-electron chi connectivity index (χ0n) is 16.8. The normalized spacial score (nSPS) is 11.0. The first kappa shape index (κ1) is 19.8. The van der Waals surface area contributed by atoms with Gasteiger partial charge in [0.05, 0.1) is 7.11 Å². The van der Waals surface area contributed by atoms with E-state index < -0.39 is 0 Å². The molecule has 0 bridgehead atoms. The van der Waals surface area contributed by atoms with Crippen LogP contribution in [-0.4, -0.2) is 13.0 Å². The molecule has 0 atom stereocenters. The lowest BCUT2D eigenvalue weighted by molar-refractivity contribution is -0.118. The maximum absolute atomic E-state index is 11.9. The number of ether oxygens (including phenoxy) is 2. The summed E-state index contributed by atoms with van der Waals surface area (Å²) in [6.07, 6.45) is 0. The Morgan fingerprint density at radius 2 is 1.62 bits per heavy atom. The van der Waals surface area contributed by atoms with Crippen molar-refractivity contribution in [1.29, 1.82) is 0 Å². The second-order valence-corrected chi connectivity index (χ2v) is 7.24. The van der Waals surface area contributed by atoms with Gasteiger partial charge in [-0.25, -0.2) is 0 Å². The molecule has 1 amide bonds. The standard InChI is InChI=1S/C22H29NO3/c1-13(2)19-12-18(8-9-20(19)25-7)26-21-15(5)10-17(11-16(21)6)23-22(24)14(3)4/h8-14H,1-7H3,(H,23,24). The predicted octanol–water partition coefficient (Wildman–Crippen LogP) is 5.82. The first-order chi connectivity index (χ1) is 12.2. The van der Waals surface area contributed by atoms with Gasteiger partial charge >= 0.3 is 0 Å². The van der Waals surface area contributed by atoms with Crippen molar-refractivity contribution in [2.75, 3.05) is 12.4 Å². The number of carbonyl (C=O) groups is 1. The third kappa shape index (κ3) is 4.57. The van der Waals surface area contributed by atoms with Crippen LogP contribution in [0.1, 0.15) is 50.3 Å². The van der Waals surface area contributed by atoms with Crippen molar-refractivity contribution in [1.82, 2.24) is 0 Å². The first-order valence-corrected chi connectivity index (χ1v) is 9.00. The minimum atomic E-state index is -0.0553. The van der Waals surface area contributed by atoms with E-state index in [1.807, 2.05) is 58.0 Å². The maximum Gasteiger partial charge on any atom is 0.226 e. The number of methoxy groups -OCH3 is 1. The van der Waals surface area contributed by atoms with Crippen LogP contribution in [0.3, 0.4) is 0 Å². The van der Waals surface area contributed by atoms with Crippen LogP contribution in [0.2, 0.25) is 0 Å². The monoisotopic (exact) mass is 355 g/mol. The minimum absolute atomic E-state index is 0.00852. The molecule has 0 aliphatic heterocycles. The van der Waals surface area contributed by atoms with E-state index in [0.717, 1.165) is 39.6 Å². The third-order valence-corrected chi connectivity index (χ3v) is 4.30. The van der Waals surface area contributed by atoms with E-state index in [-0.39, 0.29) is 11.8 Å². The zero-order valence-corrected chi connectivity index (χ0v) is 16.8. The fraction of sp³-hybridized carbons (Fsp3) is 0.409. The molecule has 2 aromatic carbocycles. The quantitative estimate of drug-likeness (QED) is 0.710. The summed E-state index contributed by atoms with van der Waals surface area (Å²) < 4.78 is 11.6. The molecule has 0 aliphatic carbocycles. The van der Waals surface area contributed by atoms with E-state index >= 15 is 0 Å². The van der Waals surface area contributed by atoms with E-state index in [9.17, 15) is 4.79 Å². The van der Waals surface area contributed by atoms with Crippen molar-refractivity contribution in [3.05, 3.63) is 47.0 Å². The molecule has 4 nitrogen and oxygen atoms in total. The molecule has 0 unspecified atom stereocenters. The van der Waals surface area contributed by atoms with Gasteiger partial charge in [-0.15, -0.1) is 0 Å². The molecule has 0 saturated heterocycles. The van der Waals surface area contributed by atoms with Gasteiger partial charge in [0, 0.05) is 17.2 Å². The number of carbonyl (C=O) groups excluding carboxylic acids is 1. The highest BCUT2D eigenvalue weighted by atomic mass is 16.5. The first-order valence-electron chi connectivity index (χ1n) is 9.00. The summed E-state index contributed by atoms with van der Waals surface area (Å²) in [5.41, 5.74) is 3.86. The molecule has 2 aromatic rings. The summed E-state index contributed by atoms with van der Waals surface area (Å²) in [7, 11) is 1.68. The summed E-state index contributed by atoms with van der Waals surface area (Å²) in [6.45, 7) is 12.0. The number of hydrogen-bond acceptors (Lipinski definition) is 3. The average Bonchev–Trinajstić information content (AvgIpc) is 2.57. The van der Waals surface area contributed by atoms with Crippen molar-refractivity contribution in [3.8, 4) is 17.2 Å². The lowest BCUT2D eigenvalue weighted by atomic mass is 10.0. The van der Waals surface area contributed by atoms with Gasteiger partial charge in [-0.2, -0.15) is 0 Å². The molecular formula is C22H29NO3. The Morgan fingerprint density at radius 3 is 2.12 bits per heavy atom. The van der Waals surface area contributed by atoms with E-state index in [0.29, 0.717) is 5.92 Å². The molecule has 140 valence electrons. The number of rotatable bonds is 6. The zero-order chi connectivity index (χ0) is 19.4. The van der Waals surface area contributed by atoms with E-state index in [1.54, 1.807) is 7.11 Å². The topological polar surface area (TPSA) is 47.6 Å². The largest absolute Gasteiger partial charge is 0.496 e. The molecule has 0 spiro atoms. The van der Waals surface area contributed by atoms with Crippen LogP contribution in [0.5, 0.6) is 17.2 Å². The lowest BCUT2D eigenvalue weighted by Gasteiger charge is -2.17. The van der Waals surface area contributed by atoms with Crippen LogP contribution < -0.4 is 14.8 Å². The average molecular weight is 355 g/mol. The van der Waals surface area contributed by atoms with Gasteiger partial charge in [0.25, 0.3) is 0 Å². The van der Waals surface area contributed by atoms with Gasteiger partial charge in [0.2, 0.25) is 5.91 Å². The van der Waals surface area contributed by atoms with E-state index in [1.165, 1.54) is 0 Å². The van der Waals surface area contributed by atoms with Crippen LogP contribution in [-0.2, 0) is 4.79 Å². The van der Waals surface area contributed by atoms with Gasteiger partial charge in [0.15, 0.2) is 0 Å². The molecule has 0 saturated carbocycles. The van der Waals surface area contributed by atoms with Crippen LogP contribution in [0, 0.1) is 19.8 Å². The van der Waals surface area contributed by atoms with Gasteiger partial charge < -0.3 is 14.8 Å². The Hall–Kier alpha value is -2.49. The molecule has 0 heterocycles. The van der Waals surface area contributed by atoms with E-state index in [2.05, 4.69) is 19.2 Å². The molecular weight excluding hydrogens is 326 g/mol. The fourth-order valence-electron chi connectivity index (χ4n) is 2.81. The number of nitrogens with one attached hydrogen (secondary N) is 1. The highest BCUT2D eigenvalue weighted by Gasteiger charge is 2.13. The number of hydrogen-bond donors (Lipinski definition) is 1. The Morgan fingerprint density at radius 1 is 1.00 bits per heavy atom. The van der Waals surface area contributed by atoms with Crippen LogP contribution in [0.4, 0.5) is 5.69 Å². The highest BCUT2D eigenvalue weighted by molar-refractivity contribution is 5.92. The second kappa shape index (κ2) is 8.26. The molecule has 0 aromatic heterocycles. The van der Waals surface area contributed by atoms with Gasteiger partial charge in [-0.05, 0) is 61.2 Å². The molecule has 0 radical (unpaired) electrons. The van der Waals surface area contributed by atoms with Crippen molar-refractivity contribution in [3.63, 3.8) is 0 Å². The summed E-state index contributed by atoms with van der Waals surface area (Å²) in [5.74, 6) is 2.75. The van der Waals surface area contributed by atoms with Crippen LogP contribution in [0.15, 0.2) is 30.3 Å². The molecule has 4 heteroatoms. The van der Waals surface area contributed by atoms with Crippen molar-refractivity contribution >= 4 is 11.6 Å². The van der Waals surface area contributed by atoms with Crippen molar-refractivity contribution < 1.29 is 14.3 Å². The Balaban J connectivity index is 2.30. The summed E-state index contributed by atoms with van der Waals surface area (Å²) in [4.78, 5) is 11.9. The Labute approximate surface area is 156 Å². The molecule has 0 aliphatic rings. The maximum atomic E-state index is 11.9. The summed E-state index contributed by atoms with van der Waals surface area (Å²) in [5, 5.41) is 2.94. The van der Waals surface area contributed by atoms with Gasteiger partial charge in [-0.3, -0.25) is 4.79 Å². The fourth-order valence-corrected chi connectivity index (χ4v) is 2.81. The Bertz CT molecular complexity index is 771. The number of benzene rings is 2. The SMILES string of the molecule is COc1ccc(Oc2c(C)cc(NC(=O)C(C)C)cc2C)cc1C(C)C. The highest BCUT2D eigenvalue weighted by Crippen LogP contribution is 2.35. The number of aryl methyl sites for hydroxylation is 2. The molecule has 26 heavy (non-hydrogen) atoms. The molecule has 1 N–H and O–H groups in total.